The molecule has 2 aromatic carbocycles. The Balaban J connectivity index is 2.08. The van der Waals surface area contributed by atoms with E-state index in [1.54, 1.807) is 0 Å². The summed E-state index contributed by atoms with van der Waals surface area (Å²) in [5, 5.41) is 3.14. The zero-order chi connectivity index (χ0) is 16.5. The summed E-state index contributed by atoms with van der Waals surface area (Å²) in [6.07, 6.45) is 1.21. The standard InChI is InChI=1S/C19H22BrNO2/c1-2-23-14-6-9-18(22)21-19(15-7-4-3-5-8-15)16-10-12-17(20)13-11-16/h3-5,7-8,10-13,19H,2,6,9,14H2,1H3,(H,21,22)/t19-/m0/s1. The normalized spacial score (nSPS) is 11.9. The quantitative estimate of drug-likeness (QED) is 0.691. The van der Waals surface area contributed by atoms with Crippen molar-refractivity contribution in [2.45, 2.75) is 25.8 Å². The lowest BCUT2D eigenvalue weighted by Crippen LogP contribution is -2.29. The molecule has 0 aliphatic rings. The zero-order valence-corrected chi connectivity index (χ0v) is 14.9. The van der Waals surface area contributed by atoms with Crippen molar-refractivity contribution < 1.29 is 9.53 Å². The van der Waals surface area contributed by atoms with Gasteiger partial charge in [-0.05, 0) is 36.6 Å². The van der Waals surface area contributed by atoms with Crippen molar-refractivity contribution in [3.8, 4) is 0 Å². The third-order valence-electron chi connectivity index (χ3n) is 3.54. The second-order valence-corrected chi connectivity index (χ2v) is 6.18. The fraction of sp³-hybridized carbons (Fsp3) is 0.316. The first-order valence-electron chi connectivity index (χ1n) is 7.88. The maximum absolute atomic E-state index is 12.3. The molecule has 122 valence electrons. The summed E-state index contributed by atoms with van der Waals surface area (Å²) in [5.74, 6) is 0.0430. The molecule has 0 fully saturated rings. The van der Waals surface area contributed by atoms with Gasteiger partial charge >= 0.3 is 0 Å². The van der Waals surface area contributed by atoms with Crippen LogP contribution in [0.5, 0.6) is 0 Å². The van der Waals surface area contributed by atoms with E-state index in [1.165, 1.54) is 0 Å². The minimum Gasteiger partial charge on any atom is -0.382 e. The second-order valence-electron chi connectivity index (χ2n) is 5.26. The first-order chi connectivity index (χ1) is 11.2. The smallest absolute Gasteiger partial charge is 0.220 e. The lowest BCUT2D eigenvalue weighted by atomic mass is 9.98. The number of hydrogen-bond acceptors (Lipinski definition) is 2. The van der Waals surface area contributed by atoms with Crippen LogP contribution in [0.15, 0.2) is 59.1 Å². The molecule has 23 heavy (non-hydrogen) atoms. The molecule has 0 aliphatic heterocycles. The van der Waals surface area contributed by atoms with Crippen LogP contribution < -0.4 is 5.32 Å². The van der Waals surface area contributed by atoms with Crippen molar-refractivity contribution >= 4 is 21.8 Å². The third-order valence-corrected chi connectivity index (χ3v) is 4.07. The fourth-order valence-electron chi connectivity index (χ4n) is 2.37. The minimum absolute atomic E-state index is 0.0430. The lowest BCUT2D eigenvalue weighted by Gasteiger charge is -2.20. The Morgan fingerprint density at radius 3 is 2.39 bits per heavy atom. The van der Waals surface area contributed by atoms with Gasteiger partial charge in [0.1, 0.15) is 0 Å². The van der Waals surface area contributed by atoms with E-state index in [2.05, 4.69) is 21.2 Å². The van der Waals surface area contributed by atoms with Crippen LogP contribution in [-0.4, -0.2) is 19.1 Å². The summed E-state index contributed by atoms with van der Waals surface area (Å²) >= 11 is 3.45. The van der Waals surface area contributed by atoms with Crippen molar-refractivity contribution in [2.24, 2.45) is 0 Å². The molecular weight excluding hydrogens is 354 g/mol. The molecule has 1 atom stereocenters. The van der Waals surface area contributed by atoms with Gasteiger partial charge in [-0.2, -0.15) is 0 Å². The molecule has 0 aromatic heterocycles. The van der Waals surface area contributed by atoms with Crippen molar-refractivity contribution in [2.75, 3.05) is 13.2 Å². The molecule has 0 unspecified atom stereocenters. The zero-order valence-electron chi connectivity index (χ0n) is 13.3. The van der Waals surface area contributed by atoms with Crippen LogP contribution in [0.2, 0.25) is 0 Å². The first-order valence-corrected chi connectivity index (χ1v) is 8.67. The Bertz CT molecular complexity index is 599. The van der Waals surface area contributed by atoms with Crippen LogP contribution in [0.3, 0.4) is 0 Å². The van der Waals surface area contributed by atoms with Gasteiger partial charge in [-0.3, -0.25) is 4.79 Å². The van der Waals surface area contributed by atoms with E-state index in [0.29, 0.717) is 19.6 Å². The molecule has 0 saturated carbocycles. The maximum Gasteiger partial charge on any atom is 0.220 e. The van der Waals surface area contributed by atoms with Crippen LogP contribution >= 0.6 is 15.9 Å². The average molecular weight is 376 g/mol. The van der Waals surface area contributed by atoms with E-state index >= 15 is 0 Å². The minimum atomic E-state index is -0.135. The Labute approximate surface area is 146 Å². The van der Waals surface area contributed by atoms with Gasteiger partial charge in [0.2, 0.25) is 5.91 Å². The highest BCUT2D eigenvalue weighted by molar-refractivity contribution is 9.10. The summed E-state index contributed by atoms with van der Waals surface area (Å²) < 4.78 is 6.31. The molecule has 0 aliphatic carbocycles. The van der Waals surface area contributed by atoms with Gasteiger partial charge in [0, 0.05) is 24.1 Å². The summed E-state index contributed by atoms with van der Waals surface area (Å²) in [6, 6.07) is 17.9. The fourth-order valence-corrected chi connectivity index (χ4v) is 2.64. The number of carbonyl (C=O) groups excluding carboxylic acids is 1. The molecule has 1 amide bonds. The highest BCUT2D eigenvalue weighted by Gasteiger charge is 2.16. The highest BCUT2D eigenvalue weighted by Crippen LogP contribution is 2.23. The van der Waals surface area contributed by atoms with Gasteiger partial charge in [-0.15, -0.1) is 0 Å². The molecule has 0 radical (unpaired) electrons. The van der Waals surface area contributed by atoms with E-state index in [1.807, 2.05) is 61.5 Å². The average Bonchev–Trinajstić information content (AvgIpc) is 2.58. The van der Waals surface area contributed by atoms with Crippen LogP contribution in [0.4, 0.5) is 0 Å². The number of rotatable bonds is 8. The Kier molecular flexibility index (Phi) is 7.30. The number of benzene rings is 2. The lowest BCUT2D eigenvalue weighted by molar-refractivity contribution is -0.121. The van der Waals surface area contributed by atoms with Crippen molar-refractivity contribution in [1.82, 2.24) is 5.32 Å². The third kappa shape index (κ3) is 5.81. The van der Waals surface area contributed by atoms with Gasteiger partial charge in [-0.1, -0.05) is 58.4 Å². The van der Waals surface area contributed by atoms with Crippen LogP contribution in [0, 0.1) is 0 Å². The molecule has 1 N–H and O–H groups in total. The number of nitrogens with one attached hydrogen (secondary N) is 1. The van der Waals surface area contributed by atoms with E-state index in [0.717, 1.165) is 22.0 Å². The molecule has 0 spiro atoms. The molecular formula is C19H22BrNO2. The van der Waals surface area contributed by atoms with E-state index in [9.17, 15) is 4.79 Å². The molecule has 2 rings (SSSR count). The number of ether oxygens (including phenoxy) is 1. The summed E-state index contributed by atoms with van der Waals surface area (Å²) in [4.78, 5) is 12.3. The Morgan fingerprint density at radius 1 is 1.09 bits per heavy atom. The first kappa shape index (κ1) is 17.7. The SMILES string of the molecule is CCOCCCC(=O)N[C@@H](c1ccccc1)c1ccc(Br)cc1. The van der Waals surface area contributed by atoms with Crippen molar-refractivity contribution in [3.63, 3.8) is 0 Å². The second kappa shape index (κ2) is 9.48. The van der Waals surface area contributed by atoms with Gasteiger partial charge in [0.15, 0.2) is 0 Å². The van der Waals surface area contributed by atoms with E-state index in [4.69, 9.17) is 4.74 Å². The number of hydrogen-bond donors (Lipinski definition) is 1. The summed E-state index contributed by atoms with van der Waals surface area (Å²) in [6.45, 7) is 3.27. The summed E-state index contributed by atoms with van der Waals surface area (Å²) in [5.41, 5.74) is 2.14. The van der Waals surface area contributed by atoms with E-state index < -0.39 is 0 Å². The van der Waals surface area contributed by atoms with Crippen molar-refractivity contribution in [1.29, 1.82) is 0 Å². The van der Waals surface area contributed by atoms with Gasteiger partial charge < -0.3 is 10.1 Å². The Hall–Kier alpha value is -1.65. The predicted octanol–water partition coefficient (Wildman–Crippen LogP) is 4.47. The Morgan fingerprint density at radius 2 is 1.74 bits per heavy atom. The molecule has 0 saturated heterocycles. The van der Waals surface area contributed by atoms with Gasteiger partial charge in [0.05, 0.1) is 6.04 Å². The number of amides is 1. The molecule has 0 heterocycles. The van der Waals surface area contributed by atoms with Crippen molar-refractivity contribution in [3.05, 3.63) is 70.2 Å². The van der Waals surface area contributed by atoms with Crippen LogP contribution in [0.1, 0.15) is 36.9 Å². The van der Waals surface area contributed by atoms with Crippen LogP contribution in [0.25, 0.3) is 0 Å². The van der Waals surface area contributed by atoms with Gasteiger partial charge in [0.25, 0.3) is 0 Å². The monoisotopic (exact) mass is 375 g/mol. The predicted molar refractivity (Wildman–Crippen MR) is 96.3 cm³/mol. The number of halogens is 1. The van der Waals surface area contributed by atoms with Gasteiger partial charge in [-0.25, -0.2) is 0 Å². The molecule has 4 heteroatoms. The van der Waals surface area contributed by atoms with E-state index in [-0.39, 0.29) is 11.9 Å². The largest absolute Gasteiger partial charge is 0.382 e. The molecule has 3 nitrogen and oxygen atoms in total. The maximum atomic E-state index is 12.3. The molecule has 0 bridgehead atoms. The highest BCUT2D eigenvalue weighted by atomic mass is 79.9. The summed E-state index contributed by atoms with van der Waals surface area (Å²) in [7, 11) is 0. The number of carbonyl (C=O) groups is 1. The topological polar surface area (TPSA) is 38.3 Å². The van der Waals surface area contributed by atoms with Crippen LogP contribution in [-0.2, 0) is 9.53 Å². The molecule has 2 aromatic rings.